The SMILES string of the molecule is O=C([O-])COc1cccc(CC2CCC3OC23c2nc(-c3ccccc3)c(-c3ccccc3)o2)c1. The molecule has 3 unspecified atom stereocenters. The summed E-state index contributed by atoms with van der Waals surface area (Å²) in [5, 5.41) is 10.7. The van der Waals surface area contributed by atoms with Gasteiger partial charge in [-0.05, 0) is 37.0 Å². The fourth-order valence-corrected chi connectivity index (χ4v) is 5.27. The van der Waals surface area contributed by atoms with E-state index in [4.69, 9.17) is 18.9 Å². The Morgan fingerprint density at radius 3 is 2.43 bits per heavy atom. The molecule has 3 aromatic carbocycles. The number of carboxylic acid groups (broad SMARTS) is 1. The molecule has 35 heavy (non-hydrogen) atoms. The highest BCUT2D eigenvalue weighted by atomic mass is 16.6. The smallest absolute Gasteiger partial charge is 0.230 e. The third-order valence-electron chi connectivity index (χ3n) is 6.92. The summed E-state index contributed by atoms with van der Waals surface area (Å²) in [7, 11) is 0. The lowest BCUT2D eigenvalue weighted by atomic mass is 9.88. The standard InChI is InChI=1S/C29H25NO5/c31-25(32)18-33-23-13-7-8-19(17-23)16-22-14-15-24-29(22,35-24)28-30-26(20-9-3-1-4-10-20)27(34-28)21-11-5-2-6-12-21/h1-13,17,22,24H,14-16,18H2,(H,31,32)/p-1. The molecular weight excluding hydrogens is 442 g/mol. The minimum atomic E-state index is -1.24. The van der Waals surface area contributed by atoms with Crippen LogP contribution in [0.1, 0.15) is 24.3 Å². The maximum atomic E-state index is 10.7. The Morgan fingerprint density at radius 1 is 0.971 bits per heavy atom. The molecule has 3 atom stereocenters. The van der Waals surface area contributed by atoms with Gasteiger partial charge in [-0.15, -0.1) is 0 Å². The highest BCUT2D eigenvalue weighted by Gasteiger charge is 2.69. The molecule has 6 heteroatoms. The van der Waals surface area contributed by atoms with Crippen LogP contribution in [0.2, 0.25) is 0 Å². The van der Waals surface area contributed by atoms with Crippen molar-refractivity contribution in [2.75, 3.05) is 6.61 Å². The molecule has 6 rings (SSSR count). The number of rotatable bonds is 8. The molecule has 1 aliphatic carbocycles. The van der Waals surface area contributed by atoms with Gasteiger partial charge in [0.1, 0.15) is 18.1 Å². The zero-order valence-corrected chi connectivity index (χ0v) is 19.1. The molecule has 0 radical (unpaired) electrons. The number of carbonyl (C=O) groups is 1. The maximum absolute atomic E-state index is 10.7. The van der Waals surface area contributed by atoms with Gasteiger partial charge in [0.2, 0.25) is 5.89 Å². The summed E-state index contributed by atoms with van der Waals surface area (Å²) in [5.74, 6) is 0.841. The zero-order chi connectivity index (χ0) is 23.8. The van der Waals surface area contributed by atoms with Gasteiger partial charge in [-0.3, -0.25) is 0 Å². The molecule has 2 aliphatic rings. The maximum Gasteiger partial charge on any atom is 0.230 e. The summed E-state index contributed by atoms with van der Waals surface area (Å²) in [4.78, 5) is 15.8. The Hall–Kier alpha value is -3.90. The molecule has 176 valence electrons. The van der Waals surface area contributed by atoms with Gasteiger partial charge < -0.3 is 23.8 Å². The molecule has 0 spiro atoms. The van der Waals surface area contributed by atoms with Gasteiger partial charge in [-0.1, -0.05) is 72.8 Å². The van der Waals surface area contributed by atoms with E-state index in [0.29, 0.717) is 11.6 Å². The van der Waals surface area contributed by atoms with Crippen molar-refractivity contribution in [3.8, 4) is 28.3 Å². The number of benzene rings is 3. The van der Waals surface area contributed by atoms with Gasteiger partial charge in [0.05, 0.1) is 12.1 Å². The second-order valence-electron chi connectivity index (χ2n) is 9.11. The Bertz CT molecular complexity index is 1290. The first kappa shape index (κ1) is 21.6. The molecule has 6 nitrogen and oxygen atoms in total. The first-order valence-corrected chi connectivity index (χ1v) is 11.8. The summed E-state index contributed by atoms with van der Waals surface area (Å²) in [6.45, 7) is -0.469. The number of nitrogens with zero attached hydrogens (tertiary/aromatic N) is 1. The number of aliphatic carboxylic acids is 1. The van der Waals surface area contributed by atoms with E-state index in [-0.39, 0.29) is 12.0 Å². The van der Waals surface area contributed by atoms with Crippen LogP contribution in [0.4, 0.5) is 0 Å². The predicted molar refractivity (Wildman–Crippen MR) is 127 cm³/mol. The number of carbonyl (C=O) groups excluding carboxylic acids is 1. The van der Waals surface area contributed by atoms with Crippen LogP contribution in [0, 0.1) is 5.92 Å². The van der Waals surface area contributed by atoms with Crippen molar-refractivity contribution in [3.63, 3.8) is 0 Å². The summed E-state index contributed by atoms with van der Waals surface area (Å²) in [5.41, 5.74) is 3.31. The van der Waals surface area contributed by atoms with Crippen LogP contribution in [0.25, 0.3) is 22.6 Å². The number of epoxide rings is 1. The Morgan fingerprint density at radius 2 is 1.71 bits per heavy atom. The second-order valence-corrected chi connectivity index (χ2v) is 9.11. The number of carboxylic acids is 1. The van der Waals surface area contributed by atoms with Crippen LogP contribution in [-0.2, 0) is 21.6 Å². The minimum absolute atomic E-state index is 0.0934. The molecule has 0 bridgehead atoms. The zero-order valence-electron chi connectivity index (χ0n) is 19.1. The Labute approximate surface area is 203 Å². The lowest BCUT2D eigenvalue weighted by Gasteiger charge is -2.18. The predicted octanol–water partition coefficient (Wildman–Crippen LogP) is 4.38. The summed E-state index contributed by atoms with van der Waals surface area (Å²) in [6, 6.07) is 27.6. The molecule has 1 aromatic heterocycles. The number of oxazole rings is 1. The van der Waals surface area contributed by atoms with Crippen LogP contribution in [0.3, 0.4) is 0 Å². The number of fused-ring (bicyclic) bond motifs is 1. The fraction of sp³-hybridized carbons (Fsp3) is 0.241. The monoisotopic (exact) mass is 466 g/mol. The average Bonchev–Trinajstić information content (AvgIpc) is 3.27. The largest absolute Gasteiger partial charge is 0.546 e. The van der Waals surface area contributed by atoms with E-state index in [1.54, 1.807) is 6.07 Å². The molecule has 2 heterocycles. The number of aromatic nitrogens is 1. The second kappa shape index (κ2) is 8.71. The van der Waals surface area contributed by atoms with Crippen molar-refractivity contribution >= 4 is 5.97 Å². The number of hydrogen-bond donors (Lipinski definition) is 0. The number of hydrogen-bond acceptors (Lipinski definition) is 6. The van der Waals surface area contributed by atoms with Crippen LogP contribution in [0.5, 0.6) is 5.75 Å². The molecule has 1 aliphatic heterocycles. The molecular formula is C29H24NO5-. The van der Waals surface area contributed by atoms with Crippen molar-refractivity contribution in [3.05, 3.63) is 96.4 Å². The van der Waals surface area contributed by atoms with Crippen LogP contribution in [-0.4, -0.2) is 23.7 Å². The van der Waals surface area contributed by atoms with E-state index in [0.717, 1.165) is 47.4 Å². The summed E-state index contributed by atoms with van der Waals surface area (Å²) >= 11 is 0. The van der Waals surface area contributed by atoms with Gasteiger partial charge in [-0.25, -0.2) is 4.98 Å². The highest BCUT2D eigenvalue weighted by Crippen LogP contribution is 2.62. The highest BCUT2D eigenvalue weighted by molar-refractivity contribution is 5.77. The van der Waals surface area contributed by atoms with Gasteiger partial charge in [0.25, 0.3) is 0 Å². The summed E-state index contributed by atoms with van der Waals surface area (Å²) < 4.78 is 18.1. The first-order chi connectivity index (χ1) is 17.1. The molecule has 4 aromatic rings. The van der Waals surface area contributed by atoms with E-state index in [1.807, 2.05) is 78.9 Å². The third kappa shape index (κ3) is 4.00. The van der Waals surface area contributed by atoms with Crippen molar-refractivity contribution in [1.82, 2.24) is 4.98 Å². The van der Waals surface area contributed by atoms with E-state index in [1.165, 1.54) is 0 Å². The Balaban J connectivity index is 1.33. The van der Waals surface area contributed by atoms with Gasteiger partial charge in [-0.2, -0.15) is 0 Å². The lowest BCUT2D eigenvalue weighted by Crippen LogP contribution is -2.29. The van der Waals surface area contributed by atoms with E-state index in [2.05, 4.69) is 0 Å². The van der Waals surface area contributed by atoms with Crippen LogP contribution < -0.4 is 9.84 Å². The molecule has 1 saturated carbocycles. The topological polar surface area (TPSA) is 87.9 Å². The summed E-state index contributed by atoms with van der Waals surface area (Å²) in [6.07, 6.45) is 2.80. The van der Waals surface area contributed by atoms with Gasteiger partial charge in [0.15, 0.2) is 11.4 Å². The van der Waals surface area contributed by atoms with Gasteiger partial charge >= 0.3 is 0 Å². The van der Waals surface area contributed by atoms with Gasteiger partial charge in [0, 0.05) is 17.0 Å². The van der Waals surface area contributed by atoms with E-state index >= 15 is 0 Å². The Kier molecular flexibility index (Phi) is 5.38. The fourth-order valence-electron chi connectivity index (χ4n) is 5.27. The van der Waals surface area contributed by atoms with Crippen LogP contribution in [0.15, 0.2) is 89.3 Å². The van der Waals surface area contributed by atoms with Crippen molar-refractivity contribution in [2.24, 2.45) is 5.92 Å². The van der Waals surface area contributed by atoms with Crippen molar-refractivity contribution < 1.29 is 23.8 Å². The molecule has 0 N–H and O–H groups in total. The van der Waals surface area contributed by atoms with Crippen molar-refractivity contribution in [2.45, 2.75) is 31.0 Å². The first-order valence-electron chi connectivity index (χ1n) is 11.8. The molecule has 0 amide bonds. The minimum Gasteiger partial charge on any atom is -0.546 e. The van der Waals surface area contributed by atoms with Crippen LogP contribution >= 0.6 is 0 Å². The molecule has 1 saturated heterocycles. The third-order valence-corrected chi connectivity index (χ3v) is 6.92. The van der Waals surface area contributed by atoms with Crippen molar-refractivity contribution in [1.29, 1.82) is 0 Å². The molecule has 2 fully saturated rings. The van der Waals surface area contributed by atoms with E-state index < -0.39 is 18.2 Å². The lowest BCUT2D eigenvalue weighted by molar-refractivity contribution is -0.307. The normalized spacial score (nSPS) is 22.5. The quantitative estimate of drug-likeness (QED) is 0.358. The number of ether oxygens (including phenoxy) is 2. The van der Waals surface area contributed by atoms with E-state index in [9.17, 15) is 9.90 Å². The average molecular weight is 467 g/mol.